The highest BCUT2D eigenvalue weighted by Crippen LogP contribution is 2.49. The van der Waals surface area contributed by atoms with Crippen LogP contribution in [-0.2, 0) is 10.2 Å². The molecule has 5 rings (SSSR count). The number of nitrogens with zero attached hydrogens (tertiary/aromatic N) is 2. The molecule has 1 amide bonds. The highest BCUT2D eigenvalue weighted by Gasteiger charge is 2.51. The van der Waals surface area contributed by atoms with E-state index in [1.54, 1.807) is 6.20 Å². The highest BCUT2D eigenvalue weighted by atomic mass is 32.1. The van der Waals surface area contributed by atoms with Crippen LogP contribution in [0.5, 0.6) is 0 Å². The molecule has 1 aliphatic rings. The van der Waals surface area contributed by atoms with Crippen molar-refractivity contribution in [1.29, 1.82) is 0 Å². The van der Waals surface area contributed by atoms with Crippen molar-refractivity contribution in [2.24, 2.45) is 0 Å². The Labute approximate surface area is 154 Å². The summed E-state index contributed by atoms with van der Waals surface area (Å²) in [4.78, 5) is 20.6. The van der Waals surface area contributed by atoms with Gasteiger partial charge in [-0.1, -0.05) is 47.4 Å². The fourth-order valence-corrected chi connectivity index (χ4v) is 4.16. The quantitative estimate of drug-likeness (QED) is 0.546. The van der Waals surface area contributed by atoms with Crippen LogP contribution < -0.4 is 9.88 Å². The van der Waals surface area contributed by atoms with Crippen LogP contribution in [0.1, 0.15) is 18.4 Å². The summed E-state index contributed by atoms with van der Waals surface area (Å²) in [6, 6.07) is 18.1. The molecule has 1 saturated carbocycles. The van der Waals surface area contributed by atoms with E-state index in [2.05, 4.69) is 15.3 Å². The topological polar surface area (TPSA) is 61.7 Å². The average Bonchev–Trinajstić information content (AvgIpc) is 3.19. The number of imidazole rings is 1. The summed E-state index contributed by atoms with van der Waals surface area (Å²) in [6.07, 6.45) is 5.41. The molecule has 128 valence electrons. The number of carbonyl (C=O) groups excluding carboxylic acids is 1. The van der Waals surface area contributed by atoms with E-state index in [0.717, 1.165) is 39.6 Å². The maximum absolute atomic E-state index is 12.9. The number of nitrogens with one attached hydrogen (secondary N) is 2. The number of hydrogen-bond donors (Lipinski definition) is 2. The van der Waals surface area contributed by atoms with Gasteiger partial charge in [-0.25, -0.2) is 0 Å². The van der Waals surface area contributed by atoms with Crippen LogP contribution in [0.25, 0.3) is 16.2 Å². The van der Waals surface area contributed by atoms with Gasteiger partial charge in [-0.15, -0.1) is 0 Å². The Morgan fingerprint density at radius 3 is 2.69 bits per heavy atom. The molecule has 2 N–H and O–H groups in total. The van der Waals surface area contributed by atoms with Gasteiger partial charge >= 0.3 is 5.13 Å². The molecule has 2 aromatic heterocycles. The Kier molecular flexibility index (Phi) is 3.39. The molecule has 1 aliphatic carbocycles. The number of aromatic nitrogens is 3. The first-order chi connectivity index (χ1) is 12.8. The normalized spacial score (nSPS) is 15.1. The molecule has 0 radical (unpaired) electrons. The molecule has 0 bridgehead atoms. The van der Waals surface area contributed by atoms with Gasteiger partial charge < -0.3 is 5.32 Å². The third kappa shape index (κ3) is 2.42. The van der Waals surface area contributed by atoms with E-state index >= 15 is 0 Å². The Hall–Kier alpha value is -2.99. The van der Waals surface area contributed by atoms with E-state index in [4.69, 9.17) is 0 Å². The molecule has 5 nitrogen and oxygen atoms in total. The van der Waals surface area contributed by atoms with Gasteiger partial charge in [-0.3, -0.25) is 9.78 Å². The number of H-pyrrole nitrogens is 1. The van der Waals surface area contributed by atoms with E-state index in [-0.39, 0.29) is 11.3 Å². The summed E-state index contributed by atoms with van der Waals surface area (Å²) in [6.45, 7) is 0. The van der Waals surface area contributed by atoms with E-state index < -0.39 is 0 Å². The maximum atomic E-state index is 12.9. The molecular weight excluding hydrogens is 344 g/mol. The zero-order valence-electron chi connectivity index (χ0n) is 14.0. The van der Waals surface area contributed by atoms with Gasteiger partial charge in [-0.05, 0) is 41.9 Å². The maximum Gasteiger partial charge on any atom is 0.327 e. The van der Waals surface area contributed by atoms with Crippen molar-refractivity contribution < 1.29 is 9.36 Å². The van der Waals surface area contributed by atoms with Crippen LogP contribution in [0.2, 0.25) is 0 Å². The van der Waals surface area contributed by atoms with Crippen LogP contribution in [0, 0.1) is 0 Å². The number of benzene rings is 2. The summed E-state index contributed by atoms with van der Waals surface area (Å²) in [5, 5.41) is 4.66. The number of thiazole rings is 1. The lowest BCUT2D eigenvalue weighted by Crippen LogP contribution is -2.28. The second-order valence-corrected chi connectivity index (χ2v) is 7.58. The van der Waals surface area contributed by atoms with Crippen molar-refractivity contribution in [3.8, 4) is 5.13 Å². The summed E-state index contributed by atoms with van der Waals surface area (Å²) >= 11 is 1.47. The van der Waals surface area contributed by atoms with Crippen LogP contribution in [0.3, 0.4) is 0 Å². The first kappa shape index (κ1) is 15.3. The van der Waals surface area contributed by atoms with E-state index in [0.29, 0.717) is 0 Å². The zero-order chi connectivity index (χ0) is 17.6. The summed E-state index contributed by atoms with van der Waals surface area (Å²) in [5.74, 6) is 0.0582. The lowest BCUT2D eigenvalue weighted by Gasteiger charge is -2.14. The molecular formula is C20H17N4OS+. The molecule has 2 aromatic carbocycles. The number of aromatic amines is 1. The monoisotopic (exact) mass is 361 g/mol. The molecule has 6 heteroatoms. The Morgan fingerprint density at radius 2 is 1.88 bits per heavy atom. The molecule has 26 heavy (non-hydrogen) atoms. The number of hydrogen-bond acceptors (Lipinski definition) is 3. The molecule has 0 aliphatic heterocycles. The number of carbonyl (C=O) groups is 1. The highest BCUT2D eigenvalue weighted by molar-refractivity contribution is 7.17. The van der Waals surface area contributed by atoms with Gasteiger partial charge in [0.25, 0.3) is 0 Å². The van der Waals surface area contributed by atoms with E-state index in [9.17, 15) is 4.79 Å². The van der Waals surface area contributed by atoms with Crippen molar-refractivity contribution in [2.75, 3.05) is 5.32 Å². The Morgan fingerprint density at radius 1 is 1.12 bits per heavy atom. The second kappa shape index (κ2) is 5.78. The first-order valence-corrected chi connectivity index (χ1v) is 9.39. The van der Waals surface area contributed by atoms with Crippen LogP contribution in [0.4, 0.5) is 5.00 Å². The number of fused-ring (bicyclic) bond motifs is 1. The molecule has 0 unspecified atom stereocenters. The SMILES string of the molecule is O=C(Nc1cnc(-[n+]2c[nH]c3ccccc32)s1)C1(c2ccccc2)CC1. The lowest BCUT2D eigenvalue weighted by molar-refractivity contribution is -0.566. The molecule has 2 heterocycles. The largest absolute Gasteiger partial charge is 0.327 e. The fourth-order valence-electron chi connectivity index (χ4n) is 3.36. The van der Waals surface area contributed by atoms with Gasteiger partial charge in [0.1, 0.15) is 22.2 Å². The van der Waals surface area contributed by atoms with Gasteiger partial charge in [0.2, 0.25) is 5.91 Å². The minimum Gasteiger partial charge on any atom is -0.314 e. The van der Waals surface area contributed by atoms with Crippen molar-refractivity contribution >= 4 is 33.3 Å². The number of rotatable bonds is 4. The summed E-state index contributed by atoms with van der Waals surface area (Å²) < 4.78 is 2.00. The molecule has 1 fully saturated rings. The first-order valence-electron chi connectivity index (χ1n) is 8.57. The second-order valence-electron chi connectivity index (χ2n) is 6.57. The molecule has 0 saturated heterocycles. The standard InChI is InChI=1S/C20H16N4OS/c25-18(20(10-11-20)14-6-2-1-3-7-14)23-17-12-21-19(26-17)24-13-22-15-8-4-5-9-16(15)24/h1-9,12-13H,10-11H2,(H,23,25)/p+1. The molecule has 4 aromatic rings. The van der Waals surface area contributed by atoms with Crippen LogP contribution in [0.15, 0.2) is 67.1 Å². The molecule has 0 atom stereocenters. The minimum atomic E-state index is -0.376. The van der Waals surface area contributed by atoms with Gasteiger partial charge in [0.15, 0.2) is 6.33 Å². The molecule has 0 spiro atoms. The lowest BCUT2D eigenvalue weighted by atomic mass is 9.95. The van der Waals surface area contributed by atoms with Gasteiger partial charge in [-0.2, -0.15) is 4.57 Å². The van der Waals surface area contributed by atoms with Crippen molar-refractivity contribution in [2.45, 2.75) is 18.3 Å². The average molecular weight is 361 g/mol. The fraction of sp³-hybridized carbons (Fsp3) is 0.150. The number of anilines is 1. The summed E-state index contributed by atoms with van der Waals surface area (Å²) in [5.41, 5.74) is 2.82. The third-order valence-electron chi connectivity index (χ3n) is 4.96. The van der Waals surface area contributed by atoms with E-state index in [1.165, 1.54) is 11.3 Å². The smallest absolute Gasteiger partial charge is 0.314 e. The van der Waals surface area contributed by atoms with Crippen LogP contribution >= 0.6 is 11.3 Å². The van der Waals surface area contributed by atoms with Crippen molar-refractivity contribution in [1.82, 2.24) is 9.97 Å². The van der Waals surface area contributed by atoms with Crippen LogP contribution in [-0.4, -0.2) is 15.9 Å². The number of amides is 1. The van der Waals surface area contributed by atoms with Crippen molar-refractivity contribution in [3.05, 3.63) is 72.7 Å². The predicted molar refractivity (Wildman–Crippen MR) is 101 cm³/mol. The van der Waals surface area contributed by atoms with E-state index in [1.807, 2.05) is 65.5 Å². The predicted octanol–water partition coefficient (Wildman–Crippen LogP) is 3.57. The Balaban J connectivity index is 1.40. The van der Waals surface area contributed by atoms with Gasteiger partial charge in [0.05, 0.1) is 5.41 Å². The minimum absolute atomic E-state index is 0.0582. The van der Waals surface area contributed by atoms with Crippen molar-refractivity contribution in [3.63, 3.8) is 0 Å². The number of para-hydroxylation sites is 2. The zero-order valence-corrected chi connectivity index (χ0v) is 14.8. The third-order valence-corrected chi connectivity index (χ3v) is 5.87. The summed E-state index contributed by atoms with van der Waals surface area (Å²) in [7, 11) is 0. The Bertz CT molecular complexity index is 1100. The van der Waals surface area contributed by atoms with Gasteiger partial charge in [0, 0.05) is 0 Å².